The molecule has 20 heavy (non-hydrogen) atoms. The number of non-ortho nitro benzene ring substituents is 1. The minimum Gasteiger partial charge on any atom is -0.352 e. The quantitative estimate of drug-likeness (QED) is 0.527. The van der Waals surface area contributed by atoms with Crippen molar-refractivity contribution >= 4 is 23.2 Å². The van der Waals surface area contributed by atoms with Gasteiger partial charge < -0.3 is 5.32 Å². The number of carbonyl (C=O) groups excluding carboxylic acids is 1. The molecule has 0 radical (unpaired) electrons. The van der Waals surface area contributed by atoms with Gasteiger partial charge in [-0.25, -0.2) is 0 Å². The first kappa shape index (κ1) is 14.8. The Morgan fingerprint density at radius 3 is 2.80 bits per heavy atom. The number of amides is 1. The summed E-state index contributed by atoms with van der Waals surface area (Å²) in [4.78, 5) is 22.3. The molecule has 5 nitrogen and oxygen atoms in total. The first-order chi connectivity index (χ1) is 9.45. The Morgan fingerprint density at radius 1 is 1.45 bits per heavy atom. The third kappa shape index (κ3) is 3.70. The molecule has 2 rings (SSSR count). The third-order valence-corrected chi connectivity index (χ3v) is 3.96. The highest BCUT2D eigenvalue weighted by atomic mass is 35.5. The van der Waals surface area contributed by atoms with E-state index in [2.05, 4.69) is 5.32 Å². The molecule has 6 heteroatoms. The van der Waals surface area contributed by atoms with Crippen molar-refractivity contribution < 1.29 is 9.72 Å². The number of nitro benzene ring substituents is 1. The Balaban J connectivity index is 2.00. The maximum Gasteiger partial charge on any atom is 0.270 e. The minimum atomic E-state index is -0.487. The van der Waals surface area contributed by atoms with E-state index >= 15 is 0 Å². The predicted octanol–water partition coefficient (Wildman–Crippen LogP) is 3.04. The van der Waals surface area contributed by atoms with Crippen molar-refractivity contribution in [1.29, 1.82) is 0 Å². The van der Waals surface area contributed by atoms with E-state index in [9.17, 15) is 14.9 Å². The number of hydrogen-bond acceptors (Lipinski definition) is 3. The van der Waals surface area contributed by atoms with Crippen LogP contribution in [0.2, 0.25) is 0 Å². The fourth-order valence-electron chi connectivity index (χ4n) is 2.54. The summed E-state index contributed by atoms with van der Waals surface area (Å²) in [5.41, 5.74) is 0.972. The second-order valence-corrected chi connectivity index (χ2v) is 5.92. The number of benzene rings is 1. The molecular formula is C14H17ClN2O3. The van der Waals surface area contributed by atoms with Crippen LogP contribution in [0.4, 0.5) is 5.69 Å². The largest absolute Gasteiger partial charge is 0.352 e. The summed E-state index contributed by atoms with van der Waals surface area (Å²) < 4.78 is 0. The second-order valence-electron chi connectivity index (χ2n) is 5.30. The van der Waals surface area contributed by atoms with Gasteiger partial charge in [0.05, 0.1) is 4.92 Å². The molecule has 2 atom stereocenters. The Bertz CT molecular complexity index is 533. The molecule has 1 amide bonds. The van der Waals surface area contributed by atoms with Crippen LogP contribution in [0.5, 0.6) is 0 Å². The zero-order chi connectivity index (χ0) is 14.7. The van der Waals surface area contributed by atoms with E-state index in [4.69, 9.17) is 11.6 Å². The molecule has 0 aliphatic heterocycles. The van der Waals surface area contributed by atoms with Gasteiger partial charge in [-0.1, -0.05) is 0 Å². The van der Waals surface area contributed by atoms with Gasteiger partial charge in [0.1, 0.15) is 0 Å². The van der Waals surface area contributed by atoms with Gasteiger partial charge in [0.2, 0.25) is 0 Å². The number of hydrogen-bond donors (Lipinski definition) is 1. The van der Waals surface area contributed by atoms with Gasteiger partial charge in [-0.3, -0.25) is 14.9 Å². The van der Waals surface area contributed by atoms with Gasteiger partial charge in [-0.05, 0) is 43.7 Å². The van der Waals surface area contributed by atoms with Crippen molar-refractivity contribution in [2.75, 3.05) is 6.54 Å². The Hall–Kier alpha value is -1.62. The standard InChI is InChI=1S/C14H17ClN2O3/c1-9-4-11(7-13(5-9)17(19)20)14(18)16-8-10-2-3-12(15)6-10/h4-5,7,10,12H,2-3,6,8H2,1H3,(H,16,18). The molecule has 0 aromatic heterocycles. The van der Waals surface area contributed by atoms with Crippen LogP contribution in [0.25, 0.3) is 0 Å². The van der Waals surface area contributed by atoms with E-state index in [0.29, 0.717) is 23.6 Å². The number of rotatable bonds is 4. The fourth-order valence-corrected chi connectivity index (χ4v) is 2.92. The highest BCUT2D eigenvalue weighted by molar-refractivity contribution is 6.20. The third-order valence-electron chi connectivity index (χ3n) is 3.56. The van der Waals surface area contributed by atoms with E-state index in [-0.39, 0.29) is 17.0 Å². The van der Waals surface area contributed by atoms with Gasteiger partial charge in [-0.15, -0.1) is 11.6 Å². The molecule has 108 valence electrons. The maximum atomic E-state index is 12.0. The summed E-state index contributed by atoms with van der Waals surface area (Å²) >= 11 is 6.03. The number of alkyl halides is 1. The van der Waals surface area contributed by atoms with Crippen LogP contribution < -0.4 is 5.32 Å². The number of halogens is 1. The summed E-state index contributed by atoms with van der Waals surface area (Å²) in [7, 11) is 0. The molecule has 1 aliphatic rings. The van der Waals surface area contributed by atoms with E-state index < -0.39 is 4.92 Å². The summed E-state index contributed by atoms with van der Waals surface area (Å²) in [6.45, 7) is 2.31. The van der Waals surface area contributed by atoms with E-state index in [1.54, 1.807) is 13.0 Å². The Kier molecular flexibility index (Phi) is 4.60. The molecule has 1 saturated carbocycles. The molecule has 1 aliphatic carbocycles. The van der Waals surface area contributed by atoms with Gasteiger partial charge in [0, 0.05) is 29.6 Å². The second kappa shape index (κ2) is 6.22. The van der Waals surface area contributed by atoms with Crippen molar-refractivity contribution in [1.82, 2.24) is 5.32 Å². The Morgan fingerprint density at radius 2 is 2.20 bits per heavy atom. The summed E-state index contributed by atoms with van der Waals surface area (Å²) in [6, 6.07) is 4.41. The monoisotopic (exact) mass is 296 g/mol. The normalized spacial score (nSPS) is 21.7. The average molecular weight is 297 g/mol. The molecule has 1 N–H and O–H groups in total. The summed E-state index contributed by atoms with van der Waals surface area (Å²) in [6.07, 6.45) is 2.91. The SMILES string of the molecule is Cc1cc(C(=O)NCC2CCC(Cl)C2)cc([N+](=O)[O-])c1. The average Bonchev–Trinajstić information content (AvgIpc) is 2.81. The van der Waals surface area contributed by atoms with E-state index in [0.717, 1.165) is 19.3 Å². The van der Waals surface area contributed by atoms with E-state index in [1.807, 2.05) is 0 Å². The highest BCUT2D eigenvalue weighted by Crippen LogP contribution is 2.28. The molecule has 0 saturated heterocycles. The lowest BCUT2D eigenvalue weighted by Crippen LogP contribution is -2.28. The molecule has 2 unspecified atom stereocenters. The molecule has 1 aromatic carbocycles. The highest BCUT2D eigenvalue weighted by Gasteiger charge is 2.23. The topological polar surface area (TPSA) is 72.2 Å². The van der Waals surface area contributed by atoms with Gasteiger partial charge in [0.15, 0.2) is 0 Å². The van der Waals surface area contributed by atoms with Crippen molar-refractivity contribution in [2.45, 2.75) is 31.6 Å². The molecule has 0 spiro atoms. The lowest BCUT2D eigenvalue weighted by atomic mass is 10.1. The first-order valence-electron chi connectivity index (χ1n) is 6.64. The van der Waals surface area contributed by atoms with E-state index in [1.165, 1.54) is 12.1 Å². The number of carbonyl (C=O) groups is 1. The predicted molar refractivity (Wildman–Crippen MR) is 77.1 cm³/mol. The van der Waals surface area contributed by atoms with Crippen LogP contribution >= 0.6 is 11.6 Å². The maximum absolute atomic E-state index is 12.0. The number of aryl methyl sites for hydroxylation is 1. The van der Waals surface area contributed by atoms with Gasteiger partial charge >= 0.3 is 0 Å². The van der Waals surface area contributed by atoms with Crippen molar-refractivity contribution in [2.24, 2.45) is 5.92 Å². The number of nitrogens with one attached hydrogen (secondary N) is 1. The van der Waals surface area contributed by atoms with Crippen LogP contribution in [-0.2, 0) is 0 Å². The van der Waals surface area contributed by atoms with Crippen LogP contribution in [-0.4, -0.2) is 22.8 Å². The number of nitro groups is 1. The molecule has 1 aromatic rings. The minimum absolute atomic E-state index is 0.0585. The lowest BCUT2D eigenvalue weighted by molar-refractivity contribution is -0.384. The summed E-state index contributed by atoms with van der Waals surface area (Å²) in [5, 5.41) is 13.8. The Labute approximate surface area is 122 Å². The molecular weight excluding hydrogens is 280 g/mol. The van der Waals surface area contributed by atoms with Crippen molar-refractivity contribution in [3.8, 4) is 0 Å². The van der Waals surface area contributed by atoms with Gasteiger partial charge in [0.25, 0.3) is 11.6 Å². The molecule has 0 heterocycles. The summed E-state index contributed by atoms with van der Waals surface area (Å²) in [5.74, 6) is 0.135. The fraction of sp³-hybridized carbons (Fsp3) is 0.500. The molecule has 1 fully saturated rings. The molecule has 0 bridgehead atoms. The van der Waals surface area contributed by atoms with Crippen LogP contribution in [0.3, 0.4) is 0 Å². The van der Waals surface area contributed by atoms with Crippen LogP contribution in [0.1, 0.15) is 35.2 Å². The number of nitrogens with zero attached hydrogens (tertiary/aromatic N) is 1. The van der Waals surface area contributed by atoms with Crippen molar-refractivity contribution in [3.05, 3.63) is 39.4 Å². The van der Waals surface area contributed by atoms with Crippen molar-refractivity contribution in [3.63, 3.8) is 0 Å². The van der Waals surface area contributed by atoms with Gasteiger partial charge in [-0.2, -0.15) is 0 Å². The zero-order valence-corrected chi connectivity index (χ0v) is 12.0. The van der Waals surface area contributed by atoms with Crippen LogP contribution in [0, 0.1) is 23.0 Å². The van der Waals surface area contributed by atoms with Crippen LogP contribution in [0.15, 0.2) is 18.2 Å². The zero-order valence-electron chi connectivity index (χ0n) is 11.3. The lowest BCUT2D eigenvalue weighted by Gasteiger charge is -2.11. The first-order valence-corrected chi connectivity index (χ1v) is 7.07. The smallest absolute Gasteiger partial charge is 0.270 e.